The highest BCUT2D eigenvalue weighted by Crippen LogP contribution is 2.14. The zero-order valence-corrected chi connectivity index (χ0v) is 6.68. The van der Waals surface area contributed by atoms with Gasteiger partial charge in [-0.15, -0.1) is 0 Å². The van der Waals surface area contributed by atoms with E-state index in [1.54, 1.807) is 13.0 Å². The summed E-state index contributed by atoms with van der Waals surface area (Å²) in [5, 5.41) is 10.9. The Hall–Kier alpha value is -1.02. The fraction of sp³-hybridized carbons (Fsp3) is 0.125. The van der Waals surface area contributed by atoms with E-state index in [2.05, 4.69) is 0 Å². The van der Waals surface area contributed by atoms with Crippen molar-refractivity contribution in [1.29, 1.82) is 0 Å². The summed E-state index contributed by atoms with van der Waals surface area (Å²) in [6, 6.07) is 4.55. The third-order valence-corrected chi connectivity index (χ3v) is 1.64. The molecule has 0 aliphatic heterocycles. The first-order valence-corrected chi connectivity index (χ1v) is 3.46. The van der Waals surface area contributed by atoms with Crippen molar-refractivity contribution < 1.29 is 9.90 Å². The van der Waals surface area contributed by atoms with E-state index in [4.69, 9.17) is 11.6 Å². The van der Waals surface area contributed by atoms with E-state index >= 15 is 0 Å². The fourth-order valence-electron chi connectivity index (χ4n) is 0.856. The second-order valence-electron chi connectivity index (χ2n) is 2.25. The summed E-state index contributed by atoms with van der Waals surface area (Å²) in [6.45, 7) is 1.68. The zero-order chi connectivity index (χ0) is 8.43. The Morgan fingerprint density at radius 1 is 1.55 bits per heavy atom. The number of carbonyl (C=O) groups excluding carboxylic acids is 1. The SMILES string of the molecule is Cc1cc(Cl)ccc1C(=O)[O-]. The standard InChI is InChI=1S/C8H7ClO2/c1-5-4-6(9)2-3-7(5)8(10)11/h2-4H,1H3,(H,10,11)/p-1. The largest absolute Gasteiger partial charge is 0.545 e. The van der Waals surface area contributed by atoms with Gasteiger partial charge in [0, 0.05) is 10.6 Å². The van der Waals surface area contributed by atoms with Gasteiger partial charge < -0.3 is 9.90 Å². The Labute approximate surface area is 69.4 Å². The van der Waals surface area contributed by atoms with Crippen molar-refractivity contribution in [3.05, 3.63) is 34.3 Å². The second kappa shape index (κ2) is 2.93. The minimum absolute atomic E-state index is 0.189. The van der Waals surface area contributed by atoms with Gasteiger partial charge in [0.1, 0.15) is 0 Å². The number of halogens is 1. The molecule has 0 saturated heterocycles. The third-order valence-electron chi connectivity index (χ3n) is 1.41. The molecule has 0 radical (unpaired) electrons. The lowest BCUT2D eigenvalue weighted by molar-refractivity contribution is -0.255. The maximum absolute atomic E-state index is 10.4. The number of hydrogen-bond acceptors (Lipinski definition) is 2. The molecule has 0 fully saturated rings. The zero-order valence-electron chi connectivity index (χ0n) is 5.93. The first kappa shape index (κ1) is 8.08. The number of carboxylic acid groups (broad SMARTS) is 1. The van der Waals surface area contributed by atoms with Crippen LogP contribution in [0.2, 0.25) is 5.02 Å². The first-order chi connectivity index (χ1) is 5.11. The first-order valence-electron chi connectivity index (χ1n) is 3.09. The van der Waals surface area contributed by atoms with E-state index < -0.39 is 5.97 Å². The molecule has 1 rings (SSSR count). The molecule has 0 atom stereocenters. The summed E-state index contributed by atoms with van der Waals surface area (Å²) < 4.78 is 0. The number of carbonyl (C=O) groups is 1. The molecule has 0 heterocycles. The van der Waals surface area contributed by atoms with Crippen molar-refractivity contribution in [2.75, 3.05) is 0 Å². The molecule has 58 valence electrons. The second-order valence-corrected chi connectivity index (χ2v) is 2.68. The maximum Gasteiger partial charge on any atom is 0.0717 e. The van der Waals surface area contributed by atoms with Gasteiger partial charge in [-0.3, -0.25) is 0 Å². The predicted octanol–water partition coefficient (Wildman–Crippen LogP) is 1.01. The van der Waals surface area contributed by atoms with Gasteiger partial charge in [-0.05, 0) is 24.6 Å². The molecule has 0 N–H and O–H groups in total. The summed E-state index contributed by atoms with van der Waals surface area (Å²) >= 11 is 5.61. The lowest BCUT2D eigenvalue weighted by Gasteiger charge is -2.05. The Morgan fingerprint density at radius 3 is 2.64 bits per heavy atom. The van der Waals surface area contributed by atoms with Gasteiger partial charge in [-0.2, -0.15) is 0 Å². The number of aromatic carboxylic acids is 1. The molecule has 0 aromatic heterocycles. The molecule has 1 aromatic carbocycles. The average molecular weight is 170 g/mol. The van der Waals surface area contributed by atoms with Gasteiger partial charge in [-0.1, -0.05) is 17.7 Å². The molecule has 0 amide bonds. The van der Waals surface area contributed by atoms with Crippen LogP contribution in [0.5, 0.6) is 0 Å². The van der Waals surface area contributed by atoms with Crippen LogP contribution in [0.3, 0.4) is 0 Å². The van der Waals surface area contributed by atoms with Crippen LogP contribution in [0.4, 0.5) is 0 Å². The van der Waals surface area contributed by atoms with E-state index in [1.807, 2.05) is 0 Å². The van der Waals surface area contributed by atoms with Crippen molar-refractivity contribution in [2.45, 2.75) is 6.92 Å². The Kier molecular flexibility index (Phi) is 2.15. The molecule has 0 bridgehead atoms. The molecular formula is C8H6ClO2-. The van der Waals surface area contributed by atoms with E-state index in [0.717, 1.165) is 0 Å². The van der Waals surface area contributed by atoms with Crippen LogP contribution < -0.4 is 5.11 Å². The molecule has 11 heavy (non-hydrogen) atoms. The molecule has 0 unspecified atom stereocenters. The normalized spacial score (nSPS) is 9.64. The molecule has 0 saturated carbocycles. The summed E-state index contributed by atoms with van der Waals surface area (Å²) in [7, 11) is 0. The number of hydrogen-bond donors (Lipinski definition) is 0. The van der Waals surface area contributed by atoms with Crippen LogP contribution in [0.1, 0.15) is 15.9 Å². The maximum atomic E-state index is 10.4. The van der Waals surface area contributed by atoms with Crippen molar-refractivity contribution >= 4 is 17.6 Å². The number of carboxylic acids is 1. The van der Waals surface area contributed by atoms with E-state index in [1.165, 1.54) is 12.1 Å². The van der Waals surface area contributed by atoms with E-state index in [0.29, 0.717) is 10.6 Å². The molecular weight excluding hydrogens is 164 g/mol. The highest BCUT2D eigenvalue weighted by Gasteiger charge is 1.98. The van der Waals surface area contributed by atoms with Gasteiger partial charge in [0.2, 0.25) is 0 Å². The van der Waals surface area contributed by atoms with Crippen LogP contribution in [-0.2, 0) is 0 Å². The number of rotatable bonds is 1. The minimum Gasteiger partial charge on any atom is -0.545 e. The van der Waals surface area contributed by atoms with Crippen LogP contribution in [0.15, 0.2) is 18.2 Å². The van der Waals surface area contributed by atoms with E-state index in [-0.39, 0.29) is 5.56 Å². The van der Waals surface area contributed by atoms with Crippen molar-refractivity contribution in [3.63, 3.8) is 0 Å². The van der Waals surface area contributed by atoms with Gasteiger partial charge in [0.25, 0.3) is 0 Å². The molecule has 0 spiro atoms. The summed E-state index contributed by atoms with van der Waals surface area (Å²) in [5.74, 6) is -1.17. The van der Waals surface area contributed by atoms with Gasteiger partial charge in [0.15, 0.2) is 0 Å². The third kappa shape index (κ3) is 1.71. The van der Waals surface area contributed by atoms with Gasteiger partial charge in [-0.25, -0.2) is 0 Å². The van der Waals surface area contributed by atoms with Crippen molar-refractivity contribution in [3.8, 4) is 0 Å². The van der Waals surface area contributed by atoms with Crippen molar-refractivity contribution in [1.82, 2.24) is 0 Å². The van der Waals surface area contributed by atoms with Gasteiger partial charge in [0.05, 0.1) is 5.97 Å². The highest BCUT2D eigenvalue weighted by molar-refractivity contribution is 6.30. The average Bonchev–Trinajstić information content (AvgIpc) is 1.85. The lowest BCUT2D eigenvalue weighted by atomic mass is 10.1. The van der Waals surface area contributed by atoms with Crippen LogP contribution in [0.25, 0.3) is 0 Å². The number of benzene rings is 1. The molecule has 2 nitrogen and oxygen atoms in total. The monoisotopic (exact) mass is 169 g/mol. The minimum atomic E-state index is -1.17. The van der Waals surface area contributed by atoms with Crippen molar-refractivity contribution in [2.24, 2.45) is 0 Å². The molecule has 0 aliphatic carbocycles. The summed E-state index contributed by atoms with van der Waals surface area (Å²) in [4.78, 5) is 10.4. The predicted molar refractivity (Wildman–Crippen MR) is 40.5 cm³/mol. The highest BCUT2D eigenvalue weighted by atomic mass is 35.5. The van der Waals surface area contributed by atoms with Gasteiger partial charge >= 0.3 is 0 Å². The summed E-state index contributed by atoms with van der Waals surface area (Å²) in [6.07, 6.45) is 0. The lowest BCUT2D eigenvalue weighted by Crippen LogP contribution is -2.23. The summed E-state index contributed by atoms with van der Waals surface area (Å²) in [5.41, 5.74) is 0.812. The fourth-order valence-corrected chi connectivity index (χ4v) is 1.08. The molecule has 1 aromatic rings. The Morgan fingerprint density at radius 2 is 2.18 bits per heavy atom. The van der Waals surface area contributed by atoms with Crippen LogP contribution >= 0.6 is 11.6 Å². The molecule has 3 heteroatoms. The number of aryl methyl sites for hydroxylation is 1. The Balaban J connectivity index is 3.20. The topological polar surface area (TPSA) is 40.1 Å². The smallest absolute Gasteiger partial charge is 0.0717 e. The quantitative estimate of drug-likeness (QED) is 0.630. The van der Waals surface area contributed by atoms with E-state index in [9.17, 15) is 9.90 Å². The van der Waals surface area contributed by atoms with Crippen LogP contribution in [-0.4, -0.2) is 5.97 Å². The van der Waals surface area contributed by atoms with Crippen LogP contribution in [0, 0.1) is 6.92 Å². The molecule has 0 aliphatic rings. The Bertz CT molecular complexity index is 294.